The molecule has 1 aliphatic rings. The van der Waals surface area contributed by atoms with Crippen molar-refractivity contribution in [1.82, 2.24) is 10.2 Å². The van der Waals surface area contributed by atoms with Gasteiger partial charge in [0.1, 0.15) is 0 Å². The van der Waals surface area contributed by atoms with E-state index in [1.54, 1.807) is 18.0 Å². The van der Waals surface area contributed by atoms with Gasteiger partial charge in [0.15, 0.2) is 0 Å². The van der Waals surface area contributed by atoms with Crippen LogP contribution < -0.4 is 5.32 Å². The van der Waals surface area contributed by atoms with Crippen LogP contribution in [0.15, 0.2) is 11.8 Å². The van der Waals surface area contributed by atoms with E-state index in [0.29, 0.717) is 0 Å². The zero-order chi connectivity index (χ0) is 7.56. The fourth-order valence-electron chi connectivity index (χ4n) is 0.877. The third kappa shape index (κ3) is 1.50. The molecule has 0 bridgehead atoms. The highest BCUT2D eigenvalue weighted by Crippen LogP contribution is 1.95. The van der Waals surface area contributed by atoms with Gasteiger partial charge in [0.2, 0.25) is 5.91 Å². The first-order chi connectivity index (χ1) is 4.70. The standard InChI is InChI=1S/C7H12N2O/c1-6-5-7(10)9(2)4-3-8-6/h5,8H,3-4H2,1-2H3. The average Bonchev–Trinajstić information content (AvgIpc) is 1.96. The van der Waals surface area contributed by atoms with Crippen LogP contribution in [0, 0.1) is 0 Å². The maximum Gasteiger partial charge on any atom is 0.248 e. The Bertz CT molecular complexity index is 174. The van der Waals surface area contributed by atoms with E-state index in [-0.39, 0.29) is 5.91 Å². The van der Waals surface area contributed by atoms with Gasteiger partial charge in [0.25, 0.3) is 0 Å². The summed E-state index contributed by atoms with van der Waals surface area (Å²) in [5.41, 5.74) is 0.953. The van der Waals surface area contributed by atoms with Crippen molar-refractivity contribution < 1.29 is 4.79 Å². The molecule has 0 aromatic carbocycles. The van der Waals surface area contributed by atoms with Crippen LogP contribution in [0.5, 0.6) is 0 Å². The third-order valence-electron chi connectivity index (χ3n) is 1.57. The first kappa shape index (κ1) is 7.12. The Morgan fingerprint density at radius 1 is 1.70 bits per heavy atom. The van der Waals surface area contributed by atoms with Gasteiger partial charge in [-0.15, -0.1) is 0 Å². The number of likely N-dealkylation sites (N-methyl/N-ethyl adjacent to an activating group) is 1. The van der Waals surface area contributed by atoms with Gasteiger partial charge < -0.3 is 10.2 Å². The molecular formula is C7H12N2O. The molecule has 1 heterocycles. The molecule has 1 amide bonds. The van der Waals surface area contributed by atoms with Crippen molar-refractivity contribution >= 4 is 5.91 Å². The number of rotatable bonds is 0. The van der Waals surface area contributed by atoms with Crippen LogP contribution in [0.3, 0.4) is 0 Å². The van der Waals surface area contributed by atoms with E-state index in [1.165, 1.54) is 0 Å². The molecule has 0 fully saturated rings. The molecule has 0 spiro atoms. The molecule has 0 atom stereocenters. The third-order valence-corrected chi connectivity index (χ3v) is 1.57. The normalized spacial score (nSPS) is 19.6. The fourth-order valence-corrected chi connectivity index (χ4v) is 0.877. The van der Waals surface area contributed by atoms with Crippen molar-refractivity contribution in [2.45, 2.75) is 6.92 Å². The number of nitrogens with zero attached hydrogens (tertiary/aromatic N) is 1. The molecule has 10 heavy (non-hydrogen) atoms. The molecule has 1 rings (SSSR count). The number of carbonyl (C=O) groups is 1. The van der Waals surface area contributed by atoms with Crippen molar-refractivity contribution in [3.05, 3.63) is 11.8 Å². The second-order valence-electron chi connectivity index (χ2n) is 2.51. The summed E-state index contributed by atoms with van der Waals surface area (Å²) in [6, 6.07) is 0. The molecule has 0 aliphatic carbocycles. The zero-order valence-corrected chi connectivity index (χ0v) is 6.35. The molecule has 0 aromatic heterocycles. The Morgan fingerprint density at radius 2 is 2.40 bits per heavy atom. The summed E-state index contributed by atoms with van der Waals surface area (Å²) in [5.74, 6) is 0.0856. The van der Waals surface area contributed by atoms with Crippen LogP contribution in [0.4, 0.5) is 0 Å². The summed E-state index contributed by atoms with van der Waals surface area (Å²) >= 11 is 0. The lowest BCUT2D eigenvalue weighted by Crippen LogP contribution is -2.28. The van der Waals surface area contributed by atoms with Gasteiger partial charge in [0.05, 0.1) is 0 Å². The van der Waals surface area contributed by atoms with Crippen molar-refractivity contribution in [2.75, 3.05) is 20.1 Å². The number of amides is 1. The van der Waals surface area contributed by atoms with E-state index >= 15 is 0 Å². The van der Waals surface area contributed by atoms with Crippen LogP contribution >= 0.6 is 0 Å². The molecule has 56 valence electrons. The van der Waals surface area contributed by atoms with Crippen LogP contribution in [0.2, 0.25) is 0 Å². The van der Waals surface area contributed by atoms with E-state index < -0.39 is 0 Å². The number of allylic oxidation sites excluding steroid dienone is 1. The number of carbonyl (C=O) groups excluding carboxylic acids is 1. The Morgan fingerprint density at radius 3 is 3.10 bits per heavy atom. The average molecular weight is 140 g/mol. The first-order valence-corrected chi connectivity index (χ1v) is 3.37. The second-order valence-corrected chi connectivity index (χ2v) is 2.51. The maximum absolute atomic E-state index is 11.0. The Balaban J connectivity index is 2.68. The summed E-state index contributed by atoms with van der Waals surface area (Å²) in [7, 11) is 1.80. The van der Waals surface area contributed by atoms with Gasteiger partial charge in [0, 0.05) is 31.9 Å². The van der Waals surface area contributed by atoms with E-state index in [0.717, 1.165) is 18.8 Å². The van der Waals surface area contributed by atoms with Crippen molar-refractivity contribution in [3.63, 3.8) is 0 Å². The van der Waals surface area contributed by atoms with Crippen molar-refractivity contribution in [1.29, 1.82) is 0 Å². The second kappa shape index (κ2) is 2.73. The summed E-state index contributed by atoms with van der Waals surface area (Å²) in [4.78, 5) is 12.7. The maximum atomic E-state index is 11.0. The first-order valence-electron chi connectivity index (χ1n) is 3.37. The van der Waals surface area contributed by atoms with Crippen LogP contribution in [0.1, 0.15) is 6.92 Å². The minimum atomic E-state index is 0.0856. The van der Waals surface area contributed by atoms with Gasteiger partial charge in [-0.1, -0.05) is 0 Å². The molecule has 0 saturated heterocycles. The molecule has 3 heteroatoms. The lowest BCUT2D eigenvalue weighted by atomic mass is 10.4. The number of nitrogens with one attached hydrogen (secondary N) is 1. The molecule has 3 nitrogen and oxygen atoms in total. The fraction of sp³-hybridized carbons (Fsp3) is 0.571. The van der Waals surface area contributed by atoms with Crippen molar-refractivity contribution in [3.8, 4) is 0 Å². The summed E-state index contributed by atoms with van der Waals surface area (Å²) in [6.45, 7) is 3.54. The van der Waals surface area contributed by atoms with Gasteiger partial charge in [-0.25, -0.2) is 0 Å². The van der Waals surface area contributed by atoms with E-state index in [2.05, 4.69) is 5.32 Å². The van der Waals surface area contributed by atoms with E-state index in [4.69, 9.17) is 0 Å². The highest BCUT2D eigenvalue weighted by atomic mass is 16.2. The molecule has 0 aromatic rings. The van der Waals surface area contributed by atoms with E-state index in [9.17, 15) is 4.79 Å². The number of hydrogen-bond donors (Lipinski definition) is 1. The minimum absolute atomic E-state index is 0.0856. The SMILES string of the molecule is CC1=CC(=O)N(C)CCN1. The van der Waals surface area contributed by atoms with Gasteiger partial charge in [-0.05, 0) is 6.92 Å². The van der Waals surface area contributed by atoms with Gasteiger partial charge in [-0.2, -0.15) is 0 Å². The van der Waals surface area contributed by atoms with Gasteiger partial charge >= 0.3 is 0 Å². The summed E-state index contributed by atoms with van der Waals surface area (Å²) < 4.78 is 0. The largest absolute Gasteiger partial charge is 0.387 e. The smallest absolute Gasteiger partial charge is 0.248 e. The Hall–Kier alpha value is -0.990. The highest BCUT2D eigenvalue weighted by Gasteiger charge is 2.08. The molecule has 0 radical (unpaired) electrons. The molecule has 0 unspecified atom stereocenters. The molecule has 0 saturated carbocycles. The topological polar surface area (TPSA) is 32.3 Å². The quantitative estimate of drug-likeness (QED) is 0.511. The Kier molecular flexibility index (Phi) is 1.94. The van der Waals surface area contributed by atoms with Crippen molar-refractivity contribution in [2.24, 2.45) is 0 Å². The number of hydrogen-bond acceptors (Lipinski definition) is 2. The summed E-state index contributed by atoms with van der Waals surface area (Å²) in [6.07, 6.45) is 1.62. The van der Waals surface area contributed by atoms with Crippen LogP contribution in [0.25, 0.3) is 0 Å². The minimum Gasteiger partial charge on any atom is -0.387 e. The molecular weight excluding hydrogens is 128 g/mol. The zero-order valence-electron chi connectivity index (χ0n) is 6.35. The van der Waals surface area contributed by atoms with Gasteiger partial charge in [-0.3, -0.25) is 4.79 Å². The lowest BCUT2D eigenvalue weighted by molar-refractivity contribution is -0.124. The predicted molar refractivity (Wildman–Crippen MR) is 39.4 cm³/mol. The molecule has 1 N–H and O–H groups in total. The van der Waals surface area contributed by atoms with Crippen LogP contribution in [-0.2, 0) is 4.79 Å². The van der Waals surface area contributed by atoms with E-state index in [1.807, 2.05) is 6.92 Å². The highest BCUT2D eigenvalue weighted by molar-refractivity contribution is 5.88. The Labute approximate surface area is 60.7 Å². The molecule has 1 aliphatic heterocycles. The van der Waals surface area contributed by atoms with Crippen LogP contribution in [-0.4, -0.2) is 30.9 Å². The predicted octanol–water partition coefficient (Wildman–Crippen LogP) is -0.0482. The monoisotopic (exact) mass is 140 g/mol. The summed E-state index contributed by atoms with van der Waals surface area (Å²) in [5, 5.41) is 3.10. The lowest BCUT2D eigenvalue weighted by Gasteiger charge is -2.10.